The fraction of sp³-hybridized carbons (Fsp3) is 0.929. The van der Waals surface area contributed by atoms with Crippen LogP contribution in [0.3, 0.4) is 0 Å². The highest BCUT2D eigenvalue weighted by Crippen LogP contribution is 2.48. The van der Waals surface area contributed by atoms with Crippen LogP contribution >= 0.6 is 0 Å². The van der Waals surface area contributed by atoms with Gasteiger partial charge in [0.05, 0.1) is 25.2 Å². The average Bonchev–Trinajstić information content (AvgIpc) is 2.83. The van der Waals surface area contributed by atoms with Crippen molar-refractivity contribution in [3.05, 3.63) is 0 Å². The number of ether oxygens (including phenoxy) is 2. The van der Waals surface area contributed by atoms with E-state index in [1.165, 1.54) is 0 Å². The maximum absolute atomic E-state index is 12.0. The van der Waals surface area contributed by atoms with E-state index in [1.807, 2.05) is 6.92 Å². The molecule has 0 aromatic carbocycles. The van der Waals surface area contributed by atoms with Gasteiger partial charge >= 0.3 is 5.97 Å². The van der Waals surface area contributed by atoms with Gasteiger partial charge in [0.2, 0.25) is 0 Å². The van der Waals surface area contributed by atoms with Crippen molar-refractivity contribution in [2.45, 2.75) is 26.2 Å². The first-order chi connectivity index (χ1) is 8.73. The third-order valence-electron chi connectivity index (χ3n) is 4.57. The van der Waals surface area contributed by atoms with E-state index < -0.39 is 0 Å². The van der Waals surface area contributed by atoms with Crippen LogP contribution in [-0.4, -0.2) is 50.3 Å². The molecule has 2 atom stereocenters. The molecule has 4 nitrogen and oxygen atoms in total. The number of likely N-dealkylation sites (tertiary alicyclic amines) is 1. The first kappa shape index (κ1) is 12.4. The number of rotatable bonds is 5. The van der Waals surface area contributed by atoms with E-state index >= 15 is 0 Å². The predicted molar refractivity (Wildman–Crippen MR) is 67.2 cm³/mol. The third kappa shape index (κ3) is 2.28. The lowest BCUT2D eigenvalue weighted by Crippen LogP contribution is -2.35. The molecule has 4 heteroatoms. The zero-order valence-corrected chi connectivity index (χ0v) is 11.2. The van der Waals surface area contributed by atoms with E-state index in [4.69, 9.17) is 9.47 Å². The van der Waals surface area contributed by atoms with Crippen molar-refractivity contribution in [2.24, 2.45) is 17.3 Å². The van der Waals surface area contributed by atoms with Crippen LogP contribution in [0.2, 0.25) is 0 Å². The number of esters is 1. The Hall–Kier alpha value is -0.610. The monoisotopic (exact) mass is 253 g/mol. The molecule has 0 N–H and O–H groups in total. The van der Waals surface area contributed by atoms with Crippen molar-refractivity contribution in [1.29, 1.82) is 0 Å². The summed E-state index contributed by atoms with van der Waals surface area (Å²) in [5.74, 6) is 1.44. The third-order valence-corrected chi connectivity index (χ3v) is 4.57. The number of fused-ring (bicyclic) bond motifs is 1. The summed E-state index contributed by atoms with van der Waals surface area (Å²) in [7, 11) is 0. The summed E-state index contributed by atoms with van der Waals surface area (Å²) in [5, 5.41) is 0. The average molecular weight is 253 g/mol. The first-order valence-electron chi connectivity index (χ1n) is 7.21. The molecule has 1 saturated carbocycles. The van der Waals surface area contributed by atoms with E-state index in [-0.39, 0.29) is 11.4 Å². The molecule has 0 bridgehead atoms. The van der Waals surface area contributed by atoms with E-state index in [2.05, 4.69) is 4.90 Å². The summed E-state index contributed by atoms with van der Waals surface area (Å²) in [6, 6.07) is 0. The van der Waals surface area contributed by atoms with Crippen LogP contribution in [0.1, 0.15) is 26.2 Å². The minimum Gasteiger partial charge on any atom is -0.465 e. The van der Waals surface area contributed by atoms with Gasteiger partial charge in [0, 0.05) is 31.5 Å². The number of hydrogen-bond acceptors (Lipinski definition) is 4. The lowest BCUT2D eigenvalue weighted by atomic mass is 10.0. The van der Waals surface area contributed by atoms with Crippen LogP contribution in [0.4, 0.5) is 0 Å². The molecule has 0 radical (unpaired) electrons. The Bertz CT molecular complexity index is 315. The maximum atomic E-state index is 12.0. The van der Waals surface area contributed by atoms with Crippen LogP contribution in [0.5, 0.6) is 0 Å². The molecule has 1 aliphatic carbocycles. The molecule has 2 unspecified atom stereocenters. The van der Waals surface area contributed by atoms with Gasteiger partial charge in [-0.05, 0) is 19.3 Å². The Labute approximate surface area is 109 Å². The van der Waals surface area contributed by atoms with E-state index in [0.717, 1.165) is 52.1 Å². The van der Waals surface area contributed by atoms with Crippen LogP contribution in [0.15, 0.2) is 0 Å². The molecule has 2 saturated heterocycles. The van der Waals surface area contributed by atoms with Gasteiger partial charge in [-0.25, -0.2) is 0 Å². The fourth-order valence-corrected chi connectivity index (χ4v) is 3.27. The first-order valence-corrected chi connectivity index (χ1v) is 7.21. The second-order valence-electron chi connectivity index (χ2n) is 6.17. The molecule has 0 spiro atoms. The van der Waals surface area contributed by atoms with Crippen molar-refractivity contribution in [2.75, 3.05) is 39.5 Å². The van der Waals surface area contributed by atoms with E-state index in [1.54, 1.807) is 0 Å². The van der Waals surface area contributed by atoms with Gasteiger partial charge < -0.3 is 14.4 Å². The predicted octanol–water partition coefficient (Wildman–Crippen LogP) is 1.30. The lowest BCUT2D eigenvalue weighted by molar-refractivity contribution is -0.151. The standard InChI is InChI=1S/C14H23NO3/c1-2-5-18-13(16)14(3-4-14)10-15-6-11-8-17-9-12(11)7-15/h11-12H,2-10H2,1H3. The van der Waals surface area contributed by atoms with Crippen molar-refractivity contribution in [1.82, 2.24) is 4.90 Å². The Morgan fingerprint density at radius 2 is 2.00 bits per heavy atom. The Morgan fingerprint density at radius 3 is 2.56 bits per heavy atom. The minimum atomic E-state index is -0.158. The normalized spacial score (nSPS) is 33.4. The molecular formula is C14H23NO3. The maximum Gasteiger partial charge on any atom is 0.313 e. The summed E-state index contributed by atoms with van der Waals surface area (Å²) < 4.78 is 10.8. The Kier molecular flexibility index (Phi) is 3.32. The molecule has 3 rings (SSSR count). The smallest absolute Gasteiger partial charge is 0.313 e. The Balaban J connectivity index is 1.52. The van der Waals surface area contributed by atoms with Gasteiger partial charge in [-0.1, -0.05) is 6.92 Å². The second-order valence-corrected chi connectivity index (χ2v) is 6.17. The lowest BCUT2D eigenvalue weighted by Gasteiger charge is -2.22. The molecule has 0 aromatic rings. The van der Waals surface area contributed by atoms with Gasteiger partial charge in [0.15, 0.2) is 0 Å². The van der Waals surface area contributed by atoms with Crippen LogP contribution in [0.25, 0.3) is 0 Å². The highest BCUT2D eigenvalue weighted by molar-refractivity contribution is 5.80. The summed E-state index contributed by atoms with van der Waals surface area (Å²) in [6.45, 7) is 7.54. The summed E-state index contributed by atoms with van der Waals surface area (Å²) in [5.41, 5.74) is -0.158. The molecule has 3 fully saturated rings. The molecular weight excluding hydrogens is 230 g/mol. The Morgan fingerprint density at radius 1 is 1.33 bits per heavy atom. The number of hydrogen-bond donors (Lipinski definition) is 0. The number of carbonyl (C=O) groups is 1. The van der Waals surface area contributed by atoms with Crippen molar-refractivity contribution < 1.29 is 14.3 Å². The van der Waals surface area contributed by atoms with E-state index in [0.29, 0.717) is 18.4 Å². The van der Waals surface area contributed by atoms with Crippen LogP contribution in [0, 0.1) is 17.3 Å². The highest BCUT2D eigenvalue weighted by atomic mass is 16.5. The zero-order chi connectivity index (χ0) is 12.6. The van der Waals surface area contributed by atoms with Crippen molar-refractivity contribution >= 4 is 5.97 Å². The summed E-state index contributed by atoms with van der Waals surface area (Å²) in [6.07, 6.45) is 2.93. The molecule has 18 heavy (non-hydrogen) atoms. The van der Waals surface area contributed by atoms with Gasteiger partial charge in [-0.2, -0.15) is 0 Å². The molecule has 3 aliphatic rings. The van der Waals surface area contributed by atoms with E-state index in [9.17, 15) is 4.79 Å². The molecule has 0 aromatic heterocycles. The fourth-order valence-electron chi connectivity index (χ4n) is 3.27. The summed E-state index contributed by atoms with van der Waals surface area (Å²) >= 11 is 0. The largest absolute Gasteiger partial charge is 0.465 e. The zero-order valence-electron chi connectivity index (χ0n) is 11.2. The van der Waals surface area contributed by atoms with Crippen LogP contribution in [-0.2, 0) is 14.3 Å². The van der Waals surface area contributed by atoms with Gasteiger partial charge in [0.1, 0.15) is 0 Å². The molecule has 2 aliphatic heterocycles. The van der Waals surface area contributed by atoms with Gasteiger partial charge in [-0.15, -0.1) is 0 Å². The van der Waals surface area contributed by atoms with Crippen LogP contribution < -0.4 is 0 Å². The minimum absolute atomic E-state index is 0.0395. The SMILES string of the molecule is CCCOC(=O)C1(CN2CC3COCC3C2)CC1. The molecule has 0 amide bonds. The number of nitrogens with zero attached hydrogens (tertiary/aromatic N) is 1. The topological polar surface area (TPSA) is 38.8 Å². The van der Waals surface area contributed by atoms with Gasteiger partial charge in [0.25, 0.3) is 0 Å². The highest BCUT2D eigenvalue weighted by Gasteiger charge is 2.53. The summed E-state index contributed by atoms with van der Waals surface area (Å²) in [4.78, 5) is 14.5. The number of carbonyl (C=O) groups excluding carboxylic acids is 1. The molecule has 2 heterocycles. The second kappa shape index (κ2) is 4.82. The quantitative estimate of drug-likeness (QED) is 0.692. The van der Waals surface area contributed by atoms with Gasteiger partial charge in [-0.3, -0.25) is 4.79 Å². The van der Waals surface area contributed by atoms with Crippen molar-refractivity contribution in [3.63, 3.8) is 0 Å². The van der Waals surface area contributed by atoms with Crippen molar-refractivity contribution in [3.8, 4) is 0 Å². The molecule has 102 valence electrons.